The van der Waals surface area contributed by atoms with Crippen molar-refractivity contribution in [2.45, 2.75) is 13.1 Å². The summed E-state index contributed by atoms with van der Waals surface area (Å²) in [6.45, 7) is 4.90. The van der Waals surface area contributed by atoms with Gasteiger partial charge in [-0.05, 0) is 54.6 Å². The van der Waals surface area contributed by atoms with E-state index in [9.17, 15) is 4.79 Å². The monoisotopic (exact) mass is 565 g/mol. The van der Waals surface area contributed by atoms with Crippen LogP contribution >= 0.6 is 46.4 Å². The topological polar surface area (TPSA) is 44.8 Å². The van der Waals surface area contributed by atoms with Gasteiger partial charge < -0.3 is 15.0 Å². The molecule has 0 aliphatic carbocycles. The number of rotatable bonds is 8. The molecule has 0 bridgehead atoms. The fourth-order valence-electron chi connectivity index (χ4n) is 4.03. The van der Waals surface area contributed by atoms with Gasteiger partial charge in [0.05, 0.1) is 10.0 Å². The lowest BCUT2D eigenvalue weighted by atomic mass is 10.0. The van der Waals surface area contributed by atoms with Crippen molar-refractivity contribution in [1.29, 1.82) is 0 Å². The number of carbonyl (C=O) groups excluding carboxylic acids is 1. The number of piperazine rings is 1. The summed E-state index contributed by atoms with van der Waals surface area (Å²) in [6, 6.07) is 16.7. The second-order valence-corrected chi connectivity index (χ2v) is 10.5. The normalized spacial score (nSPS) is 14.6. The number of hydrogen-bond acceptors (Lipinski definition) is 4. The predicted octanol–water partition coefficient (Wildman–Crippen LogP) is 6.41. The van der Waals surface area contributed by atoms with E-state index >= 15 is 0 Å². The first kappa shape index (κ1) is 27.1. The van der Waals surface area contributed by atoms with Gasteiger partial charge in [0.2, 0.25) is 0 Å². The minimum absolute atomic E-state index is 0.0991. The molecule has 1 aliphatic heterocycles. The average Bonchev–Trinajstić information content (AvgIpc) is 2.85. The summed E-state index contributed by atoms with van der Waals surface area (Å²) >= 11 is 24.6. The SMILES string of the molecule is CN1CCN(Cc2cc(-c3ccc(Cl)cc3Cl)ccc2OCC(=O)NCc2ccc(Cl)c(Cl)c2)CC1. The molecule has 1 fully saturated rings. The highest BCUT2D eigenvalue weighted by Gasteiger charge is 2.18. The first-order valence-electron chi connectivity index (χ1n) is 11.6. The quantitative estimate of drug-likeness (QED) is 0.342. The van der Waals surface area contributed by atoms with Gasteiger partial charge in [-0.25, -0.2) is 0 Å². The maximum atomic E-state index is 12.5. The number of nitrogens with zero attached hydrogens (tertiary/aromatic N) is 2. The van der Waals surface area contributed by atoms with Crippen LogP contribution in [0.2, 0.25) is 20.1 Å². The molecule has 36 heavy (non-hydrogen) atoms. The molecule has 190 valence electrons. The maximum absolute atomic E-state index is 12.5. The van der Waals surface area contributed by atoms with Gasteiger partial charge in [0.15, 0.2) is 6.61 Å². The highest BCUT2D eigenvalue weighted by molar-refractivity contribution is 6.42. The highest BCUT2D eigenvalue weighted by atomic mass is 35.5. The lowest BCUT2D eigenvalue weighted by molar-refractivity contribution is -0.123. The van der Waals surface area contributed by atoms with E-state index < -0.39 is 0 Å². The summed E-state index contributed by atoms with van der Waals surface area (Å²) in [7, 11) is 2.13. The van der Waals surface area contributed by atoms with Gasteiger partial charge in [0.25, 0.3) is 5.91 Å². The van der Waals surface area contributed by atoms with Crippen LogP contribution in [0.15, 0.2) is 54.6 Å². The zero-order valence-corrected chi connectivity index (χ0v) is 22.9. The molecule has 4 rings (SSSR count). The summed E-state index contributed by atoms with van der Waals surface area (Å²) in [5.41, 5.74) is 3.72. The number of carbonyl (C=O) groups is 1. The van der Waals surface area contributed by atoms with Crippen LogP contribution in [-0.2, 0) is 17.9 Å². The molecule has 1 heterocycles. The standard InChI is InChI=1S/C27H27Cl4N3O2/c1-33-8-10-34(11-9-33)16-20-13-19(22-5-4-21(28)14-24(22)30)3-7-26(20)36-17-27(35)32-15-18-2-6-23(29)25(31)12-18/h2-7,12-14H,8-11,15-17H2,1H3,(H,32,35). The third-order valence-electron chi connectivity index (χ3n) is 6.12. The van der Waals surface area contributed by atoms with Crippen LogP contribution in [0.1, 0.15) is 11.1 Å². The van der Waals surface area contributed by atoms with E-state index in [1.807, 2.05) is 30.3 Å². The predicted molar refractivity (Wildman–Crippen MR) is 148 cm³/mol. The summed E-state index contributed by atoms with van der Waals surface area (Å²) in [4.78, 5) is 17.2. The molecule has 1 aliphatic rings. The van der Waals surface area contributed by atoms with E-state index in [-0.39, 0.29) is 12.5 Å². The Morgan fingerprint density at radius 3 is 2.39 bits per heavy atom. The van der Waals surface area contributed by atoms with Crippen molar-refractivity contribution in [1.82, 2.24) is 15.1 Å². The first-order valence-corrected chi connectivity index (χ1v) is 13.1. The molecule has 0 saturated carbocycles. The first-order chi connectivity index (χ1) is 17.3. The van der Waals surface area contributed by atoms with E-state index in [0.717, 1.165) is 48.4 Å². The molecule has 1 amide bonds. The van der Waals surface area contributed by atoms with Crippen molar-refractivity contribution in [2.75, 3.05) is 39.8 Å². The molecule has 1 N–H and O–H groups in total. The zero-order valence-electron chi connectivity index (χ0n) is 19.9. The van der Waals surface area contributed by atoms with Crippen LogP contribution in [-0.4, -0.2) is 55.5 Å². The Kier molecular flexibility index (Phi) is 9.40. The average molecular weight is 567 g/mol. The minimum Gasteiger partial charge on any atom is -0.483 e. The second-order valence-electron chi connectivity index (χ2n) is 8.84. The molecule has 5 nitrogen and oxygen atoms in total. The Balaban J connectivity index is 1.47. The molecule has 1 saturated heterocycles. The third kappa shape index (κ3) is 7.28. The zero-order chi connectivity index (χ0) is 25.7. The second kappa shape index (κ2) is 12.5. The Bertz CT molecular complexity index is 1230. The maximum Gasteiger partial charge on any atom is 0.258 e. The molecule has 0 atom stereocenters. The van der Waals surface area contributed by atoms with Gasteiger partial charge in [-0.2, -0.15) is 0 Å². The van der Waals surface area contributed by atoms with Crippen molar-refractivity contribution in [3.63, 3.8) is 0 Å². The Morgan fingerprint density at radius 1 is 0.889 bits per heavy atom. The number of hydrogen-bond donors (Lipinski definition) is 1. The lowest BCUT2D eigenvalue weighted by Gasteiger charge is -2.32. The van der Waals surface area contributed by atoms with Crippen LogP contribution in [0, 0.1) is 0 Å². The fourth-order valence-corrected chi connectivity index (χ4v) is 4.86. The smallest absolute Gasteiger partial charge is 0.258 e. The van der Waals surface area contributed by atoms with Crippen LogP contribution in [0.25, 0.3) is 11.1 Å². The van der Waals surface area contributed by atoms with E-state index in [0.29, 0.717) is 38.9 Å². The summed E-state index contributed by atoms with van der Waals surface area (Å²) in [5.74, 6) is 0.448. The van der Waals surface area contributed by atoms with Gasteiger partial charge >= 0.3 is 0 Å². The number of halogens is 4. The van der Waals surface area contributed by atoms with Crippen LogP contribution in [0.5, 0.6) is 5.75 Å². The van der Waals surface area contributed by atoms with Gasteiger partial charge in [-0.3, -0.25) is 9.69 Å². The van der Waals surface area contributed by atoms with Crippen molar-refractivity contribution in [2.24, 2.45) is 0 Å². The number of nitrogens with one attached hydrogen (secondary N) is 1. The van der Waals surface area contributed by atoms with Gasteiger partial charge in [-0.1, -0.05) is 64.6 Å². The molecule has 0 aromatic heterocycles. The molecule has 9 heteroatoms. The minimum atomic E-state index is -0.226. The van der Waals surface area contributed by atoms with Crippen LogP contribution in [0.3, 0.4) is 0 Å². The molecule has 3 aromatic rings. The van der Waals surface area contributed by atoms with E-state index in [1.165, 1.54) is 0 Å². The van der Waals surface area contributed by atoms with Gasteiger partial charge in [0, 0.05) is 60.4 Å². The molecular weight excluding hydrogens is 540 g/mol. The lowest BCUT2D eigenvalue weighted by Crippen LogP contribution is -2.43. The highest BCUT2D eigenvalue weighted by Crippen LogP contribution is 2.34. The molecule has 3 aromatic carbocycles. The molecular formula is C27H27Cl4N3O2. The van der Waals surface area contributed by atoms with Crippen molar-refractivity contribution < 1.29 is 9.53 Å². The fraction of sp³-hybridized carbons (Fsp3) is 0.296. The Morgan fingerprint density at radius 2 is 1.67 bits per heavy atom. The van der Waals surface area contributed by atoms with Gasteiger partial charge in [-0.15, -0.1) is 0 Å². The summed E-state index contributed by atoms with van der Waals surface area (Å²) in [5, 5.41) is 4.97. The van der Waals surface area contributed by atoms with Crippen molar-refractivity contribution in [3.8, 4) is 16.9 Å². The van der Waals surface area contributed by atoms with E-state index in [4.69, 9.17) is 51.1 Å². The van der Waals surface area contributed by atoms with Crippen LogP contribution in [0.4, 0.5) is 0 Å². The Labute approximate surface area is 231 Å². The Hall–Kier alpha value is -1.99. The molecule has 0 unspecified atom stereocenters. The van der Waals surface area contributed by atoms with Crippen molar-refractivity contribution >= 4 is 52.3 Å². The summed E-state index contributed by atoms with van der Waals surface area (Å²) < 4.78 is 5.98. The molecule has 0 radical (unpaired) electrons. The summed E-state index contributed by atoms with van der Waals surface area (Å²) in [6.07, 6.45) is 0. The number of amides is 1. The third-order valence-corrected chi connectivity index (χ3v) is 7.41. The number of ether oxygens (including phenoxy) is 1. The largest absolute Gasteiger partial charge is 0.483 e. The van der Waals surface area contributed by atoms with Crippen LogP contribution < -0.4 is 10.1 Å². The number of benzene rings is 3. The number of likely N-dealkylation sites (N-methyl/N-ethyl adjacent to an activating group) is 1. The molecule has 0 spiro atoms. The van der Waals surface area contributed by atoms with E-state index in [2.05, 4.69) is 28.2 Å². The van der Waals surface area contributed by atoms with Gasteiger partial charge in [0.1, 0.15) is 5.75 Å². The van der Waals surface area contributed by atoms with Crippen molar-refractivity contribution in [3.05, 3.63) is 85.8 Å². The van der Waals surface area contributed by atoms with E-state index in [1.54, 1.807) is 18.2 Å².